The van der Waals surface area contributed by atoms with Crippen LogP contribution in [0.25, 0.3) is 0 Å². The maximum atomic E-state index is 12.0. The lowest BCUT2D eigenvalue weighted by atomic mass is 9.96. The number of anilines is 2. The first-order chi connectivity index (χ1) is 9.95. The maximum absolute atomic E-state index is 12.0. The Bertz CT molecular complexity index is 542. The van der Waals surface area contributed by atoms with Crippen LogP contribution in [-0.2, 0) is 9.59 Å². The molecule has 1 aromatic carbocycles. The topological polar surface area (TPSA) is 101 Å². The Morgan fingerprint density at radius 3 is 2.62 bits per heavy atom. The van der Waals surface area contributed by atoms with Crippen molar-refractivity contribution < 1.29 is 9.59 Å². The van der Waals surface area contributed by atoms with E-state index < -0.39 is 0 Å². The van der Waals surface area contributed by atoms with E-state index in [-0.39, 0.29) is 24.3 Å². The van der Waals surface area contributed by atoms with E-state index in [1.165, 1.54) is 0 Å². The third kappa shape index (κ3) is 4.34. The van der Waals surface area contributed by atoms with Crippen LogP contribution in [0.2, 0.25) is 5.02 Å². The van der Waals surface area contributed by atoms with E-state index in [1.54, 1.807) is 18.2 Å². The number of nitrogens with one attached hydrogen (secondary N) is 1. The first kappa shape index (κ1) is 15.6. The fraction of sp³-hybridized carbons (Fsp3) is 0.429. The predicted molar refractivity (Wildman–Crippen MR) is 82.9 cm³/mol. The Balaban J connectivity index is 1.85. The van der Waals surface area contributed by atoms with Crippen molar-refractivity contribution in [3.63, 3.8) is 0 Å². The Morgan fingerprint density at radius 2 is 2.00 bits per heavy atom. The van der Waals surface area contributed by atoms with Crippen molar-refractivity contribution in [2.45, 2.75) is 12.8 Å². The summed E-state index contributed by atoms with van der Waals surface area (Å²) in [4.78, 5) is 25.1. The number of nitrogen functional groups attached to an aromatic ring is 1. The van der Waals surface area contributed by atoms with Gasteiger partial charge in [-0.2, -0.15) is 0 Å². The quantitative estimate of drug-likeness (QED) is 0.724. The van der Waals surface area contributed by atoms with Gasteiger partial charge in [-0.1, -0.05) is 11.6 Å². The molecule has 21 heavy (non-hydrogen) atoms. The minimum Gasteiger partial charge on any atom is -0.397 e. The van der Waals surface area contributed by atoms with Gasteiger partial charge in [0, 0.05) is 10.9 Å². The normalized spacial score (nSPS) is 16.6. The van der Waals surface area contributed by atoms with Gasteiger partial charge in [0.1, 0.15) is 0 Å². The number of halogens is 1. The summed E-state index contributed by atoms with van der Waals surface area (Å²) in [5, 5.41) is 3.27. The molecule has 5 N–H and O–H groups in total. The maximum Gasteiger partial charge on any atom is 0.238 e. The van der Waals surface area contributed by atoms with E-state index in [2.05, 4.69) is 5.32 Å². The summed E-state index contributed by atoms with van der Waals surface area (Å²) >= 11 is 5.88. The molecule has 1 saturated heterocycles. The number of hydrogen-bond donors (Lipinski definition) is 3. The van der Waals surface area contributed by atoms with Crippen LogP contribution >= 0.6 is 11.6 Å². The third-order valence-electron chi connectivity index (χ3n) is 3.65. The first-order valence-electron chi connectivity index (χ1n) is 6.82. The van der Waals surface area contributed by atoms with Gasteiger partial charge in [-0.15, -0.1) is 0 Å². The van der Waals surface area contributed by atoms with E-state index in [0.29, 0.717) is 42.3 Å². The highest BCUT2D eigenvalue weighted by Gasteiger charge is 2.24. The highest BCUT2D eigenvalue weighted by Crippen LogP contribution is 2.23. The van der Waals surface area contributed by atoms with Gasteiger partial charge in [-0.3, -0.25) is 14.5 Å². The number of carbonyl (C=O) groups excluding carboxylic acids is 2. The number of piperidine rings is 1. The largest absolute Gasteiger partial charge is 0.397 e. The van der Waals surface area contributed by atoms with Gasteiger partial charge in [0.05, 0.1) is 17.9 Å². The second kappa shape index (κ2) is 6.78. The molecule has 1 heterocycles. The van der Waals surface area contributed by atoms with E-state index in [1.807, 2.05) is 4.90 Å². The standard InChI is InChI=1S/C14H19ClN4O2/c15-10-1-2-11(16)12(7-10)18-13(20)8-19-5-3-9(4-6-19)14(17)21/h1-2,7,9H,3-6,8,16H2,(H2,17,21)(H,18,20). The van der Waals surface area contributed by atoms with Gasteiger partial charge in [-0.25, -0.2) is 0 Å². The molecule has 1 aromatic rings. The molecule has 0 bridgehead atoms. The Labute approximate surface area is 128 Å². The van der Waals surface area contributed by atoms with Crippen molar-refractivity contribution in [1.29, 1.82) is 0 Å². The van der Waals surface area contributed by atoms with Crippen molar-refractivity contribution in [3.8, 4) is 0 Å². The van der Waals surface area contributed by atoms with Crippen molar-refractivity contribution in [2.24, 2.45) is 11.7 Å². The fourth-order valence-electron chi connectivity index (χ4n) is 2.41. The molecule has 114 valence electrons. The molecule has 7 heteroatoms. The highest BCUT2D eigenvalue weighted by atomic mass is 35.5. The molecule has 0 unspecified atom stereocenters. The van der Waals surface area contributed by atoms with Crippen LogP contribution in [-0.4, -0.2) is 36.3 Å². The van der Waals surface area contributed by atoms with Gasteiger partial charge in [0.15, 0.2) is 0 Å². The second-order valence-electron chi connectivity index (χ2n) is 5.23. The molecule has 0 atom stereocenters. The summed E-state index contributed by atoms with van der Waals surface area (Å²) in [6, 6.07) is 4.94. The van der Waals surface area contributed by atoms with Gasteiger partial charge < -0.3 is 16.8 Å². The van der Waals surface area contributed by atoms with Crippen LogP contribution in [0, 0.1) is 5.92 Å². The molecule has 1 aliphatic rings. The zero-order valence-corrected chi connectivity index (χ0v) is 12.4. The molecule has 2 rings (SSSR count). The Hall–Kier alpha value is -1.79. The fourth-order valence-corrected chi connectivity index (χ4v) is 2.58. The van der Waals surface area contributed by atoms with E-state index in [4.69, 9.17) is 23.1 Å². The monoisotopic (exact) mass is 310 g/mol. The number of primary amides is 1. The molecular weight excluding hydrogens is 292 g/mol. The van der Waals surface area contributed by atoms with Crippen LogP contribution in [0.1, 0.15) is 12.8 Å². The molecule has 2 amide bonds. The van der Waals surface area contributed by atoms with Crippen molar-refractivity contribution in [1.82, 2.24) is 4.90 Å². The van der Waals surface area contributed by atoms with Gasteiger partial charge >= 0.3 is 0 Å². The van der Waals surface area contributed by atoms with E-state index in [0.717, 1.165) is 0 Å². The number of amides is 2. The molecule has 0 saturated carbocycles. The lowest BCUT2D eigenvalue weighted by Gasteiger charge is -2.29. The lowest BCUT2D eigenvalue weighted by molar-refractivity contribution is -0.123. The van der Waals surface area contributed by atoms with Crippen molar-refractivity contribution >= 4 is 34.8 Å². The van der Waals surface area contributed by atoms with Crippen LogP contribution in [0.4, 0.5) is 11.4 Å². The van der Waals surface area contributed by atoms with Crippen molar-refractivity contribution in [2.75, 3.05) is 30.7 Å². The summed E-state index contributed by atoms with van der Waals surface area (Å²) in [6.45, 7) is 1.63. The molecule has 0 spiro atoms. The average molecular weight is 311 g/mol. The number of nitrogens with zero attached hydrogens (tertiary/aromatic N) is 1. The second-order valence-corrected chi connectivity index (χ2v) is 5.67. The van der Waals surface area contributed by atoms with E-state index in [9.17, 15) is 9.59 Å². The van der Waals surface area contributed by atoms with Crippen molar-refractivity contribution in [3.05, 3.63) is 23.2 Å². The molecule has 0 aliphatic carbocycles. The first-order valence-corrected chi connectivity index (χ1v) is 7.20. The number of rotatable bonds is 4. The molecule has 1 fully saturated rings. The Morgan fingerprint density at radius 1 is 1.33 bits per heavy atom. The summed E-state index contributed by atoms with van der Waals surface area (Å²) < 4.78 is 0. The number of carbonyl (C=O) groups is 2. The minimum absolute atomic E-state index is 0.0760. The van der Waals surface area contributed by atoms with Crippen LogP contribution in [0.15, 0.2) is 18.2 Å². The minimum atomic E-state index is -0.259. The molecule has 0 aromatic heterocycles. The average Bonchev–Trinajstić information content (AvgIpc) is 2.43. The number of hydrogen-bond acceptors (Lipinski definition) is 4. The van der Waals surface area contributed by atoms with Gasteiger partial charge in [0.25, 0.3) is 0 Å². The van der Waals surface area contributed by atoms with Gasteiger partial charge in [0.2, 0.25) is 11.8 Å². The zero-order chi connectivity index (χ0) is 15.4. The number of nitrogens with two attached hydrogens (primary N) is 2. The number of likely N-dealkylation sites (tertiary alicyclic amines) is 1. The Kier molecular flexibility index (Phi) is 5.03. The summed E-state index contributed by atoms with van der Waals surface area (Å²) in [5.74, 6) is -0.486. The number of benzene rings is 1. The smallest absolute Gasteiger partial charge is 0.238 e. The van der Waals surface area contributed by atoms with Gasteiger partial charge in [-0.05, 0) is 44.1 Å². The highest BCUT2D eigenvalue weighted by molar-refractivity contribution is 6.31. The van der Waals surface area contributed by atoms with Crippen LogP contribution in [0.5, 0.6) is 0 Å². The van der Waals surface area contributed by atoms with E-state index >= 15 is 0 Å². The third-order valence-corrected chi connectivity index (χ3v) is 3.88. The molecule has 0 radical (unpaired) electrons. The summed E-state index contributed by atoms with van der Waals surface area (Å²) in [7, 11) is 0. The summed E-state index contributed by atoms with van der Waals surface area (Å²) in [6.07, 6.45) is 1.39. The molecule has 6 nitrogen and oxygen atoms in total. The SMILES string of the molecule is NC(=O)C1CCN(CC(=O)Nc2cc(Cl)ccc2N)CC1. The molecule has 1 aliphatic heterocycles. The van der Waals surface area contributed by atoms with Crippen LogP contribution < -0.4 is 16.8 Å². The summed E-state index contributed by atoms with van der Waals surface area (Å²) in [5.41, 5.74) is 12.1. The lowest BCUT2D eigenvalue weighted by Crippen LogP contribution is -2.42. The molecular formula is C14H19ClN4O2. The van der Waals surface area contributed by atoms with Crippen LogP contribution in [0.3, 0.4) is 0 Å². The zero-order valence-electron chi connectivity index (χ0n) is 11.6. The predicted octanol–water partition coefficient (Wildman–Crippen LogP) is 1.06.